The number of carbonyl (C=O) groups excluding carboxylic acids is 1. The molecular weight excluding hydrogens is 448 g/mol. The van der Waals surface area contributed by atoms with Gasteiger partial charge in [-0.2, -0.15) is 10.2 Å². The first kappa shape index (κ1) is 21.9. The van der Waals surface area contributed by atoms with Crippen LogP contribution in [0.25, 0.3) is 22.2 Å². The van der Waals surface area contributed by atoms with Gasteiger partial charge in [0.1, 0.15) is 0 Å². The molecule has 2 aromatic carbocycles. The van der Waals surface area contributed by atoms with Gasteiger partial charge in [0.05, 0.1) is 29.5 Å². The molecule has 1 N–H and O–H groups in total. The SMILES string of the molecule is CCn1ncc(-c2cc(C(=O)Nc3ccn(Cc4ccc(Cl)cc4)n3)c3ccccc3n2)c1C. The Bertz CT molecular complexity index is 1490. The molecule has 0 unspecified atom stereocenters. The number of nitrogens with one attached hydrogen (secondary N) is 1. The Kier molecular flexibility index (Phi) is 5.86. The topological polar surface area (TPSA) is 77.6 Å². The molecule has 0 atom stereocenters. The minimum atomic E-state index is -0.239. The van der Waals surface area contributed by atoms with Gasteiger partial charge in [-0.1, -0.05) is 41.9 Å². The first-order chi connectivity index (χ1) is 16.5. The molecule has 3 heterocycles. The van der Waals surface area contributed by atoms with Gasteiger partial charge in [0.15, 0.2) is 5.82 Å². The second-order valence-electron chi connectivity index (χ2n) is 8.01. The Balaban J connectivity index is 1.44. The van der Waals surface area contributed by atoms with E-state index in [1.807, 2.05) is 79.3 Å². The average molecular weight is 471 g/mol. The number of hydrogen-bond donors (Lipinski definition) is 1. The highest BCUT2D eigenvalue weighted by Crippen LogP contribution is 2.27. The van der Waals surface area contributed by atoms with Gasteiger partial charge < -0.3 is 5.32 Å². The lowest BCUT2D eigenvalue weighted by atomic mass is 10.0. The van der Waals surface area contributed by atoms with Crippen molar-refractivity contribution in [1.29, 1.82) is 0 Å². The minimum Gasteiger partial charge on any atom is -0.305 e. The number of pyridine rings is 1. The number of aryl methyl sites for hydroxylation is 1. The summed E-state index contributed by atoms with van der Waals surface area (Å²) in [6, 6.07) is 18.9. The summed E-state index contributed by atoms with van der Waals surface area (Å²) in [6.07, 6.45) is 3.64. The number of anilines is 1. The molecule has 0 spiro atoms. The summed E-state index contributed by atoms with van der Waals surface area (Å²) in [5.74, 6) is 0.244. The fourth-order valence-corrected chi connectivity index (χ4v) is 4.12. The van der Waals surface area contributed by atoms with Crippen LogP contribution in [0.1, 0.15) is 28.5 Å². The third-order valence-corrected chi connectivity index (χ3v) is 6.03. The van der Waals surface area contributed by atoms with E-state index in [-0.39, 0.29) is 5.91 Å². The monoisotopic (exact) mass is 470 g/mol. The third-order valence-electron chi connectivity index (χ3n) is 5.78. The van der Waals surface area contributed by atoms with Crippen molar-refractivity contribution in [3.8, 4) is 11.3 Å². The number of nitrogens with zero attached hydrogens (tertiary/aromatic N) is 5. The van der Waals surface area contributed by atoms with E-state index < -0.39 is 0 Å². The van der Waals surface area contributed by atoms with E-state index in [1.165, 1.54) is 0 Å². The summed E-state index contributed by atoms with van der Waals surface area (Å²) < 4.78 is 3.69. The molecule has 0 bridgehead atoms. The maximum absolute atomic E-state index is 13.3. The fraction of sp³-hybridized carbons (Fsp3) is 0.154. The molecular formula is C26H23ClN6O. The lowest BCUT2D eigenvalue weighted by Crippen LogP contribution is -2.14. The van der Waals surface area contributed by atoms with Crippen LogP contribution in [0.15, 0.2) is 73.1 Å². The molecule has 8 heteroatoms. The quantitative estimate of drug-likeness (QED) is 0.351. The third kappa shape index (κ3) is 4.30. The number of hydrogen-bond acceptors (Lipinski definition) is 4. The van der Waals surface area contributed by atoms with Crippen molar-refractivity contribution in [2.75, 3.05) is 5.32 Å². The standard InChI is InChI=1S/C26H23ClN6O/c1-3-33-17(2)22(15-28-33)24-14-21(20-6-4-5-7-23(20)29-24)26(34)30-25-12-13-32(31-25)16-18-8-10-19(27)11-9-18/h4-15H,3,16H2,1-2H3,(H,30,31,34). The lowest BCUT2D eigenvalue weighted by molar-refractivity contribution is 0.102. The highest BCUT2D eigenvalue weighted by Gasteiger charge is 2.17. The summed E-state index contributed by atoms with van der Waals surface area (Å²) in [4.78, 5) is 18.1. The van der Waals surface area contributed by atoms with Crippen molar-refractivity contribution in [3.05, 3.63) is 94.9 Å². The number of para-hydroxylation sites is 1. The van der Waals surface area contributed by atoms with Gasteiger partial charge in [-0.15, -0.1) is 0 Å². The molecule has 0 saturated carbocycles. The molecule has 170 valence electrons. The van der Waals surface area contributed by atoms with Crippen molar-refractivity contribution in [3.63, 3.8) is 0 Å². The number of aromatic nitrogens is 5. The Morgan fingerprint density at radius 3 is 2.65 bits per heavy atom. The lowest BCUT2D eigenvalue weighted by Gasteiger charge is -2.10. The Morgan fingerprint density at radius 1 is 1.09 bits per heavy atom. The molecule has 0 aliphatic carbocycles. The van der Waals surface area contributed by atoms with Crippen LogP contribution in [0.4, 0.5) is 5.82 Å². The molecule has 0 fully saturated rings. The largest absolute Gasteiger partial charge is 0.305 e. The summed E-state index contributed by atoms with van der Waals surface area (Å²) in [6.45, 7) is 5.40. The van der Waals surface area contributed by atoms with E-state index in [2.05, 4.69) is 15.5 Å². The zero-order valence-electron chi connectivity index (χ0n) is 18.9. The van der Waals surface area contributed by atoms with Crippen LogP contribution < -0.4 is 5.32 Å². The highest BCUT2D eigenvalue weighted by molar-refractivity contribution is 6.30. The Hall–Kier alpha value is -3.97. The number of benzene rings is 2. The van der Waals surface area contributed by atoms with Crippen LogP contribution in [0.3, 0.4) is 0 Å². The van der Waals surface area contributed by atoms with E-state index in [0.29, 0.717) is 28.6 Å². The second kappa shape index (κ2) is 9.11. The van der Waals surface area contributed by atoms with Gasteiger partial charge >= 0.3 is 0 Å². The molecule has 5 aromatic rings. The smallest absolute Gasteiger partial charge is 0.257 e. The normalized spacial score (nSPS) is 11.1. The van der Waals surface area contributed by atoms with Crippen molar-refractivity contribution in [1.82, 2.24) is 24.5 Å². The highest BCUT2D eigenvalue weighted by atomic mass is 35.5. The van der Waals surface area contributed by atoms with E-state index in [1.54, 1.807) is 16.9 Å². The van der Waals surface area contributed by atoms with Crippen LogP contribution in [0.2, 0.25) is 5.02 Å². The Labute approximate surface area is 202 Å². The number of halogens is 1. The van der Waals surface area contributed by atoms with E-state index in [9.17, 15) is 4.79 Å². The van der Waals surface area contributed by atoms with Gasteiger partial charge in [0, 0.05) is 40.5 Å². The molecule has 5 rings (SSSR count). The fourth-order valence-electron chi connectivity index (χ4n) is 3.99. The maximum Gasteiger partial charge on any atom is 0.257 e. The minimum absolute atomic E-state index is 0.239. The van der Waals surface area contributed by atoms with Crippen LogP contribution in [-0.4, -0.2) is 30.5 Å². The van der Waals surface area contributed by atoms with Crippen LogP contribution in [0.5, 0.6) is 0 Å². The molecule has 3 aromatic heterocycles. The number of fused-ring (bicyclic) bond motifs is 1. The second-order valence-corrected chi connectivity index (χ2v) is 8.45. The van der Waals surface area contributed by atoms with Gasteiger partial charge in [-0.3, -0.25) is 14.2 Å². The predicted octanol–water partition coefficient (Wildman–Crippen LogP) is 5.58. The predicted molar refractivity (Wildman–Crippen MR) is 134 cm³/mol. The van der Waals surface area contributed by atoms with Crippen LogP contribution in [-0.2, 0) is 13.1 Å². The Morgan fingerprint density at radius 2 is 1.88 bits per heavy atom. The molecule has 0 saturated heterocycles. The van der Waals surface area contributed by atoms with Gasteiger partial charge in [-0.05, 0) is 43.7 Å². The summed E-state index contributed by atoms with van der Waals surface area (Å²) in [7, 11) is 0. The van der Waals surface area contributed by atoms with E-state index >= 15 is 0 Å². The van der Waals surface area contributed by atoms with Crippen molar-refractivity contribution < 1.29 is 4.79 Å². The number of amides is 1. The molecule has 0 radical (unpaired) electrons. The molecule has 7 nitrogen and oxygen atoms in total. The summed E-state index contributed by atoms with van der Waals surface area (Å²) in [5, 5.41) is 13.3. The van der Waals surface area contributed by atoms with Gasteiger partial charge in [-0.25, -0.2) is 4.98 Å². The van der Waals surface area contributed by atoms with E-state index in [4.69, 9.17) is 16.6 Å². The van der Waals surface area contributed by atoms with Crippen molar-refractivity contribution >= 4 is 34.2 Å². The number of carbonyl (C=O) groups is 1. The zero-order valence-corrected chi connectivity index (χ0v) is 19.6. The number of rotatable bonds is 6. The van der Waals surface area contributed by atoms with E-state index in [0.717, 1.165) is 34.3 Å². The molecule has 0 aliphatic heterocycles. The zero-order chi connectivity index (χ0) is 23.7. The van der Waals surface area contributed by atoms with Crippen molar-refractivity contribution in [2.24, 2.45) is 0 Å². The summed E-state index contributed by atoms with van der Waals surface area (Å²) >= 11 is 5.96. The molecule has 0 aliphatic rings. The first-order valence-electron chi connectivity index (χ1n) is 11.0. The van der Waals surface area contributed by atoms with Gasteiger partial charge in [0.2, 0.25) is 0 Å². The van der Waals surface area contributed by atoms with Crippen LogP contribution >= 0.6 is 11.6 Å². The molecule has 34 heavy (non-hydrogen) atoms. The molecule has 1 amide bonds. The summed E-state index contributed by atoms with van der Waals surface area (Å²) in [5.41, 5.74) is 5.00. The average Bonchev–Trinajstić information content (AvgIpc) is 3.45. The van der Waals surface area contributed by atoms with Crippen molar-refractivity contribution in [2.45, 2.75) is 26.9 Å². The van der Waals surface area contributed by atoms with Crippen LogP contribution in [0, 0.1) is 6.92 Å². The van der Waals surface area contributed by atoms with Gasteiger partial charge in [0.25, 0.3) is 5.91 Å². The maximum atomic E-state index is 13.3. The first-order valence-corrected chi connectivity index (χ1v) is 11.4.